The third-order valence-corrected chi connectivity index (χ3v) is 9.17. The van der Waals surface area contributed by atoms with E-state index in [9.17, 15) is 18.0 Å². The quantitative estimate of drug-likeness (QED) is 0.264. The molecule has 0 aliphatic carbocycles. The summed E-state index contributed by atoms with van der Waals surface area (Å²) in [7, 11) is -1.40. The van der Waals surface area contributed by atoms with Crippen LogP contribution in [0.15, 0.2) is 71.6 Å². The number of sulfonamides is 1. The number of rotatable bonds is 13. The summed E-state index contributed by atoms with van der Waals surface area (Å²) in [5.74, 6) is -0.293. The van der Waals surface area contributed by atoms with Crippen LogP contribution >= 0.6 is 23.2 Å². The Morgan fingerprint density at radius 1 is 0.952 bits per heavy atom. The summed E-state index contributed by atoms with van der Waals surface area (Å²) in [5, 5.41) is 3.62. The minimum atomic E-state index is -4.29. The Bertz CT molecular complexity index is 1500. The molecule has 0 saturated heterocycles. The van der Waals surface area contributed by atoms with Gasteiger partial charge in [0.25, 0.3) is 10.0 Å². The van der Waals surface area contributed by atoms with Crippen molar-refractivity contribution in [1.29, 1.82) is 0 Å². The van der Waals surface area contributed by atoms with Crippen LogP contribution < -0.4 is 19.1 Å². The van der Waals surface area contributed by atoms with Crippen molar-refractivity contribution in [2.75, 3.05) is 25.1 Å². The highest BCUT2D eigenvalue weighted by Gasteiger charge is 2.34. The van der Waals surface area contributed by atoms with E-state index in [4.69, 9.17) is 32.7 Å². The van der Waals surface area contributed by atoms with E-state index in [1.54, 1.807) is 49.4 Å². The number of nitrogens with one attached hydrogen (secondary N) is 1. The molecule has 0 bridgehead atoms. The topological polar surface area (TPSA) is 105 Å². The normalized spacial score (nSPS) is 12.6. The third kappa shape index (κ3) is 7.87. The number of hydrogen-bond donors (Lipinski definition) is 1. The van der Waals surface area contributed by atoms with E-state index in [1.807, 2.05) is 13.8 Å². The highest BCUT2D eigenvalue weighted by molar-refractivity contribution is 7.92. The summed E-state index contributed by atoms with van der Waals surface area (Å²) < 4.78 is 39.7. The predicted octanol–water partition coefficient (Wildman–Crippen LogP) is 5.54. The number of anilines is 1. The summed E-state index contributed by atoms with van der Waals surface area (Å²) in [6.45, 7) is 4.69. The number of ether oxygens (including phenoxy) is 2. The molecule has 9 nitrogen and oxygen atoms in total. The van der Waals surface area contributed by atoms with Gasteiger partial charge in [0, 0.05) is 22.6 Å². The van der Waals surface area contributed by atoms with E-state index in [1.165, 1.54) is 43.4 Å². The standard InChI is InChI=1S/C30H35Cl2N3O6S/c1-6-20(2)33-30(37)21(3)34(18-22-11-12-23(31)17-26(22)32)29(36)19-35(27-9-7-8-10-28(27)41-5)42(38,39)25-15-13-24(40-4)14-16-25/h7-17,20-21H,6,18-19H2,1-5H3,(H,33,37). The van der Waals surface area contributed by atoms with Gasteiger partial charge in [-0.15, -0.1) is 0 Å². The molecule has 0 radical (unpaired) electrons. The van der Waals surface area contributed by atoms with E-state index < -0.39 is 28.5 Å². The van der Waals surface area contributed by atoms with Crippen molar-refractivity contribution in [2.24, 2.45) is 0 Å². The van der Waals surface area contributed by atoms with Crippen molar-refractivity contribution in [3.63, 3.8) is 0 Å². The molecule has 3 aromatic carbocycles. The summed E-state index contributed by atoms with van der Waals surface area (Å²) in [6.07, 6.45) is 0.692. The number of carbonyl (C=O) groups is 2. The van der Waals surface area contributed by atoms with Crippen LogP contribution in [0, 0.1) is 0 Å². The molecular formula is C30H35Cl2N3O6S. The molecule has 0 aromatic heterocycles. The molecule has 42 heavy (non-hydrogen) atoms. The third-order valence-electron chi connectivity index (χ3n) is 6.80. The number of hydrogen-bond acceptors (Lipinski definition) is 6. The number of carbonyl (C=O) groups excluding carboxylic acids is 2. The highest BCUT2D eigenvalue weighted by Crippen LogP contribution is 2.33. The lowest BCUT2D eigenvalue weighted by molar-refractivity contribution is -0.139. The first-order valence-corrected chi connectivity index (χ1v) is 15.5. The van der Waals surface area contributed by atoms with E-state index in [0.29, 0.717) is 27.8 Å². The Labute approximate surface area is 257 Å². The van der Waals surface area contributed by atoms with E-state index in [0.717, 1.165) is 4.31 Å². The Morgan fingerprint density at radius 3 is 2.21 bits per heavy atom. The molecule has 2 atom stereocenters. The van der Waals surface area contributed by atoms with Crippen molar-refractivity contribution >= 4 is 50.7 Å². The maximum Gasteiger partial charge on any atom is 0.264 e. The van der Waals surface area contributed by atoms with Crippen molar-refractivity contribution in [2.45, 2.75) is 50.7 Å². The van der Waals surface area contributed by atoms with Gasteiger partial charge in [0.2, 0.25) is 11.8 Å². The van der Waals surface area contributed by atoms with Gasteiger partial charge in [-0.1, -0.05) is 48.3 Å². The zero-order valence-electron chi connectivity index (χ0n) is 24.1. The largest absolute Gasteiger partial charge is 0.497 e. The fraction of sp³-hybridized carbons (Fsp3) is 0.333. The summed E-state index contributed by atoms with van der Waals surface area (Å²) in [5.41, 5.74) is 0.699. The van der Waals surface area contributed by atoms with Gasteiger partial charge in [-0.2, -0.15) is 0 Å². The summed E-state index contributed by atoms with van der Waals surface area (Å²) in [4.78, 5) is 28.5. The number of methoxy groups -OCH3 is 2. The Kier molecular flexibility index (Phi) is 11.5. The predicted molar refractivity (Wildman–Crippen MR) is 165 cm³/mol. The van der Waals surface area contributed by atoms with Crippen LogP contribution in [0.3, 0.4) is 0 Å². The van der Waals surface area contributed by atoms with E-state index >= 15 is 0 Å². The molecule has 1 N–H and O–H groups in total. The van der Waals surface area contributed by atoms with Crippen LogP contribution in [0.2, 0.25) is 10.0 Å². The zero-order chi connectivity index (χ0) is 31.0. The van der Waals surface area contributed by atoms with Gasteiger partial charge in [-0.3, -0.25) is 13.9 Å². The molecule has 2 unspecified atom stereocenters. The van der Waals surface area contributed by atoms with Gasteiger partial charge in [-0.05, 0) is 74.4 Å². The number of para-hydroxylation sites is 2. The van der Waals surface area contributed by atoms with Gasteiger partial charge in [0.1, 0.15) is 24.1 Å². The zero-order valence-corrected chi connectivity index (χ0v) is 26.5. The van der Waals surface area contributed by atoms with Crippen molar-refractivity contribution in [3.05, 3.63) is 82.3 Å². The maximum absolute atomic E-state index is 14.1. The lowest BCUT2D eigenvalue weighted by Crippen LogP contribution is -2.52. The number of nitrogens with zero attached hydrogens (tertiary/aromatic N) is 2. The molecule has 3 aromatic rings. The van der Waals surface area contributed by atoms with Crippen LogP contribution in [0.25, 0.3) is 0 Å². The van der Waals surface area contributed by atoms with Crippen molar-refractivity contribution < 1.29 is 27.5 Å². The van der Waals surface area contributed by atoms with Crippen molar-refractivity contribution in [3.8, 4) is 11.5 Å². The second-order valence-corrected chi connectivity index (χ2v) is 12.3. The van der Waals surface area contributed by atoms with Gasteiger partial charge >= 0.3 is 0 Å². The molecule has 2 amide bonds. The van der Waals surface area contributed by atoms with Crippen LogP contribution in [0.1, 0.15) is 32.8 Å². The average Bonchev–Trinajstić information content (AvgIpc) is 2.98. The van der Waals surface area contributed by atoms with Gasteiger partial charge in [0.15, 0.2) is 0 Å². The first-order chi connectivity index (χ1) is 19.9. The first-order valence-electron chi connectivity index (χ1n) is 13.3. The maximum atomic E-state index is 14.1. The minimum Gasteiger partial charge on any atom is -0.497 e. The fourth-order valence-electron chi connectivity index (χ4n) is 4.11. The molecule has 226 valence electrons. The smallest absolute Gasteiger partial charge is 0.264 e. The summed E-state index contributed by atoms with van der Waals surface area (Å²) in [6, 6.07) is 16.1. The summed E-state index contributed by atoms with van der Waals surface area (Å²) >= 11 is 12.5. The lowest BCUT2D eigenvalue weighted by atomic mass is 10.1. The number of amides is 2. The van der Waals surface area contributed by atoms with Crippen molar-refractivity contribution in [1.82, 2.24) is 10.2 Å². The molecule has 0 aliphatic rings. The Hall–Kier alpha value is -3.47. The molecule has 12 heteroatoms. The first kappa shape index (κ1) is 33.0. The second-order valence-electron chi connectivity index (χ2n) is 9.61. The van der Waals surface area contributed by atoms with Crippen LogP contribution in [-0.2, 0) is 26.2 Å². The van der Waals surface area contributed by atoms with Gasteiger partial charge in [0.05, 0.1) is 24.8 Å². The fourth-order valence-corrected chi connectivity index (χ4v) is 6.00. The average molecular weight is 637 g/mol. The molecule has 3 rings (SSSR count). The molecular weight excluding hydrogens is 601 g/mol. The van der Waals surface area contributed by atoms with Crippen LogP contribution in [0.4, 0.5) is 5.69 Å². The Morgan fingerprint density at radius 2 is 1.62 bits per heavy atom. The molecule has 0 heterocycles. The molecule has 0 fully saturated rings. The number of benzene rings is 3. The van der Waals surface area contributed by atoms with Gasteiger partial charge < -0.3 is 19.7 Å². The monoisotopic (exact) mass is 635 g/mol. The molecule has 0 spiro atoms. The van der Waals surface area contributed by atoms with Gasteiger partial charge in [-0.25, -0.2) is 8.42 Å². The second kappa shape index (κ2) is 14.6. The minimum absolute atomic E-state index is 0.0585. The van der Waals surface area contributed by atoms with Crippen LogP contribution in [-0.4, -0.2) is 58.0 Å². The Balaban J connectivity index is 2.09. The lowest BCUT2D eigenvalue weighted by Gasteiger charge is -2.33. The SMILES string of the molecule is CCC(C)NC(=O)C(C)N(Cc1ccc(Cl)cc1Cl)C(=O)CN(c1ccccc1OC)S(=O)(=O)c1ccc(OC)cc1. The van der Waals surface area contributed by atoms with Crippen LogP contribution in [0.5, 0.6) is 11.5 Å². The van der Waals surface area contributed by atoms with E-state index in [-0.39, 0.29) is 34.8 Å². The molecule has 0 saturated carbocycles. The molecule has 0 aliphatic heterocycles. The number of halogens is 2. The highest BCUT2D eigenvalue weighted by atomic mass is 35.5. The van der Waals surface area contributed by atoms with E-state index in [2.05, 4.69) is 5.32 Å².